The summed E-state index contributed by atoms with van der Waals surface area (Å²) in [5, 5.41) is 0. The third-order valence-corrected chi connectivity index (χ3v) is 10.7. The van der Waals surface area contributed by atoms with Gasteiger partial charge in [0.15, 0.2) is 0 Å². The highest BCUT2D eigenvalue weighted by Crippen LogP contribution is 2.64. The van der Waals surface area contributed by atoms with Crippen LogP contribution in [0.1, 0.15) is 81.1 Å². The van der Waals surface area contributed by atoms with Gasteiger partial charge < -0.3 is 14.0 Å². The fraction of sp³-hybridized carbons (Fsp3) is 0.958. The number of hydrogen-bond acceptors (Lipinski definition) is 7. The summed E-state index contributed by atoms with van der Waals surface area (Å²) < 4.78 is 30.8. The first-order valence-corrected chi connectivity index (χ1v) is 15.5. The Morgan fingerprint density at radius 1 is 1.06 bits per heavy atom. The van der Waals surface area contributed by atoms with E-state index in [1.54, 1.807) is 0 Å². The van der Waals surface area contributed by atoms with Crippen LogP contribution in [-0.4, -0.2) is 67.8 Å². The number of rotatable bonds is 14. The molecule has 0 N–H and O–H groups in total. The summed E-state index contributed by atoms with van der Waals surface area (Å²) >= 11 is 1.33. The van der Waals surface area contributed by atoms with E-state index in [0.717, 1.165) is 58.5 Å². The lowest BCUT2D eigenvalue weighted by molar-refractivity contribution is -0.153. The molecule has 0 amide bonds. The average Bonchev–Trinajstić information content (AvgIpc) is 2.67. The highest BCUT2D eigenvalue weighted by molar-refractivity contribution is 8.56. The van der Waals surface area contributed by atoms with Crippen molar-refractivity contribution in [1.82, 2.24) is 4.90 Å². The van der Waals surface area contributed by atoms with Gasteiger partial charge in [0.25, 0.3) is 6.57 Å². The molecule has 0 aliphatic carbocycles. The van der Waals surface area contributed by atoms with Crippen molar-refractivity contribution in [2.75, 3.05) is 51.4 Å². The molecule has 1 heterocycles. The summed E-state index contributed by atoms with van der Waals surface area (Å²) in [6, 6.07) is 0. The van der Waals surface area contributed by atoms with Gasteiger partial charge in [0.1, 0.15) is 6.61 Å². The van der Waals surface area contributed by atoms with Crippen LogP contribution in [0.5, 0.6) is 0 Å². The Labute approximate surface area is 201 Å². The van der Waals surface area contributed by atoms with E-state index in [-0.39, 0.29) is 18.0 Å². The molecule has 1 rings (SSSR count). The third-order valence-electron chi connectivity index (χ3n) is 5.56. The molecule has 1 aliphatic heterocycles. The largest absolute Gasteiger partial charge is 0.464 e. The topological polar surface area (TPSA) is 65.1 Å². The van der Waals surface area contributed by atoms with E-state index in [4.69, 9.17) is 14.0 Å². The van der Waals surface area contributed by atoms with E-state index in [1.165, 1.54) is 11.4 Å². The molecule has 0 radical (unpaired) electrons. The standard InChI is InChI=1S/C24H48NO5PS/c1-9-10-11-23(5,6)20-31(27,30-22(2,3)4)32-19-18-29-21(26)24(7,8)12-13-25-14-16-28-17-15-25/h9-20H2,1-8H3. The number of morpholine rings is 1. The summed E-state index contributed by atoms with van der Waals surface area (Å²) in [6.07, 6.45) is 4.54. The van der Waals surface area contributed by atoms with E-state index in [2.05, 4.69) is 25.7 Å². The molecule has 1 atom stereocenters. The minimum absolute atomic E-state index is 0.0536. The van der Waals surface area contributed by atoms with Crippen LogP contribution in [-0.2, 0) is 23.4 Å². The van der Waals surface area contributed by atoms with Gasteiger partial charge in [0, 0.05) is 25.0 Å². The highest BCUT2D eigenvalue weighted by atomic mass is 32.7. The molecule has 32 heavy (non-hydrogen) atoms. The summed E-state index contributed by atoms with van der Waals surface area (Å²) in [7, 11) is 0. The Hall–Kier alpha value is -0.0700. The van der Waals surface area contributed by atoms with Crippen molar-refractivity contribution in [1.29, 1.82) is 0 Å². The van der Waals surface area contributed by atoms with Crippen molar-refractivity contribution in [2.24, 2.45) is 10.8 Å². The minimum Gasteiger partial charge on any atom is -0.464 e. The monoisotopic (exact) mass is 493 g/mol. The molecule has 0 aromatic rings. The number of carbonyl (C=O) groups excluding carboxylic acids is 1. The normalized spacial score (nSPS) is 18.4. The molecule has 1 unspecified atom stereocenters. The number of esters is 1. The molecule has 1 fully saturated rings. The molecule has 1 saturated heterocycles. The zero-order valence-corrected chi connectivity index (χ0v) is 23.5. The van der Waals surface area contributed by atoms with Gasteiger partial charge >= 0.3 is 5.97 Å². The van der Waals surface area contributed by atoms with Gasteiger partial charge in [0.05, 0.1) is 24.2 Å². The second-order valence-electron chi connectivity index (χ2n) is 11.3. The van der Waals surface area contributed by atoms with E-state index in [9.17, 15) is 9.36 Å². The van der Waals surface area contributed by atoms with Gasteiger partial charge in [-0.15, -0.1) is 0 Å². The number of carbonyl (C=O) groups is 1. The highest BCUT2D eigenvalue weighted by Gasteiger charge is 2.36. The van der Waals surface area contributed by atoms with E-state index < -0.39 is 17.6 Å². The van der Waals surface area contributed by atoms with Crippen LogP contribution in [0.25, 0.3) is 0 Å². The maximum absolute atomic E-state index is 13.7. The Kier molecular flexibility index (Phi) is 12.3. The first-order chi connectivity index (χ1) is 14.7. The van der Waals surface area contributed by atoms with E-state index >= 15 is 0 Å². The van der Waals surface area contributed by atoms with Crippen molar-refractivity contribution in [2.45, 2.75) is 86.7 Å². The van der Waals surface area contributed by atoms with Gasteiger partial charge in [-0.05, 0) is 59.4 Å². The predicted molar refractivity (Wildman–Crippen MR) is 136 cm³/mol. The first kappa shape index (κ1) is 30.0. The first-order valence-electron chi connectivity index (χ1n) is 12.1. The van der Waals surface area contributed by atoms with Crippen molar-refractivity contribution in [3.05, 3.63) is 0 Å². The van der Waals surface area contributed by atoms with Crippen molar-refractivity contribution < 1.29 is 23.4 Å². The quantitative estimate of drug-likeness (QED) is 0.161. The molecule has 0 aromatic carbocycles. The summed E-state index contributed by atoms with van der Waals surface area (Å²) in [5.74, 6) is 0.281. The summed E-state index contributed by atoms with van der Waals surface area (Å²) in [5.41, 5.74) is -1.08. The number of ether oxygens (including phenoxy) is 2. The van der Waals surface area contributed by atoms with Gasteiger partial charge in [-0.25, -0.2) is 0 Å². The molecule has 0 spiro atoms. The molecule has 8 heteroatoms. The van der Waals surface area contributed by atoms with Crippen LogP contribution in [0.15, 0.2) is 0 Å². The average molecular weight is 494 g/mol. The molecule has 190 valence electrons. The minimum atomic E-state index is -2.93. The SMILES string of the molecule is CCCCC(C)(C)CP(=O)(OC(C)(C)C)SCCOC(=O)C(C)(C)CCN1CCOCC1. The lowest BCUT2D eigenvalue weighted by Crippen LogP contribution is -2.39. The molecule has 0 aromatic heterocycles. The number of nitrogens with zero attached hydrogens (tertiary/aromatic N) is 1. The zero-order valence-electron chi connectivity index (χ0n) is 21.8. The van der Waals surface area contributed by atoms with Crippen molar-refractivity contribution in [3.63, 3.8) is 0 Å². The summed E-state index contributed by atoms with van der Waals surface area (Å²) in [6.45, 7) is 17.7. The second-order valence-corrected chi connectivity index (χ2v) is 16.1. The predicted octanol–water partition coefficient (Wildman–Crippen LogP) is 6.24. The Bertz CT molecular complexity index is 612. The van der Waals surface area contributed by atoms with Gasteiger partial charge in [-0.1, -0.05) is 45.0 Å². The lowest BCUT2D eigenvalue weighted by atomic mass is 9.89. The molecule has 0 saturated carbocycles. The van der Waals surface area contributed by atoms with Crippen molar-refractivity contribution >= 4 is 23.9 Å². The van der Waals surface area contributed by atoms with Crippen LogP contribution in [0.2, 0.25) is 0 Å². The summed E-state index contributed by atoms with van der Waals surface area (Å²) in [4.78, 5) is 15.0. The third kappa shape index (κ3) is 12.4. The molecule has 1 aliphatic rings. The molecule has 6 nitrogen and oxygen atoms in total. The number of unbranched alkanes of at least 4 members (excludes halogenated alkanes) is 1. The fourth-order valence-electron chi connectivity index (χ4n) is 3.65. The van der Waals surface area contributed by atoms with Crippen LogP contribution in [0.3, 0.4) is 0 Å². The van der Waals surface area contributed by atoms with Crippen LogP contribution < -0.4 is 0 Å². The fourth-order valence-corrected chi connectivity index (χ4v) is 9.55. The second kappa shape index (κ2) is 13.1. The van der Waals surface area contributed by atoms with Crippen LogP contribution in [0, 0.1) is 10.8 Å². The lowest BCUT2D eigenvalue weighted by Gasteiger charge is -2.33. The van der Waals surface area contributed by atoms with Crippen molar-refractivity contribution in [3.8, 4) is 0 Å². The van der Waals surface area contributed by atoms with Gasteiger partial charge in [0.2, 0.25) is 0 Å². The van der Waals surface area contributed by atoms with E-state index in [0.29, 0.717) is 11.9 Å². The smallest absolute Gasteiger partial charge is 0.311 e. The van der Waals surface area contributed by atoms with Crippen LogP contribution >= 0.6 is 18.0 Å². The van der Waals surface area contributed by atoms with Gasteiger partial charge in [-0.2, -0.15) is 0 Å². The van der Waals surface area contributed by atoms with E-state index in [1.807, 2.05) is 34.6 Å². The molecular weight excluding hydrogens is 445 g/mol. The van der Waals surface area contributed by atoms with Crippen LogP contribution in [0.4, 0.5) is 0 Å². The Balaban J connectivity index is 2.55. The molecule has 0 bridgehead atoms. The zero-order chi connectivity index (χ0) is 24.5. The van der Waals surface area contributed by atoms with Gasteiger partial charge in [-0.3, -0.25) is 14.3 Å². The Morgan fingerprint density at radius 3 is 2.25 bits per heavy atom. The molecular formula is C24H48NO5PS. The maximum atomic E-state index is 13.7. The maximum Gasteiger partial charge on any atom is 0.311 e. The Morgan fingerprint density at radius 2 is 1.69 bits per heavy atom. The number of hydrogen-bond donors (Lipinski definition) is 0.